The highest BCUT2D eigenvalue weighted by Crippen LogP contribution is 2.25. The van der Waals surface area contributed by atoms with Crippen LogP contribution in [0.1, 0.15) is 22.3 Å². The number of methoxy groups -OCH3 is 1. The Morgan fingerprint density at radius 1 is 1.12 bits per heavy atom. The Balaban J connectivity index is 1.63. The number of amidine groups is 1. The lowest BCUT2D eigenvalue weighted by molar-refractivity contribution is -0.117. The lowest BCUT2D eigenvalue weighted by Gasteiger charge is -2.19. The minimum Gasteiger partial charge on any atom is -0.497 e. The maximum atomic E-state index is 12.6. The van der Waals surface area contributed by atoms with E-state index in [0.29, 0.717) is 47.9 Å². The molecule has 9 nitrogen and oxygen atoms in total. The molecule has 0 saturated carbocycles. The fraction of sp³-hybridized carbons (Fsp3) is 0.348. The molecule has 2 aromatic carbocycles. The van der Waals surface area contributed by atoms with E-state index in [4.69, 9.17) is 4.74 Å². The second kappa shape index (κ2) is 10.0. The van der Waals surface area contributed by atoms with Gasteiger partial charge in [0.25, 0.3) is 15.9 Å². The summed E-state index contributed by atoms with van der Waals surface area (Å²) in [7, 11) is 1.44. The lowest BCUT2D eigenvalue weighted by atomic mass is 10.1. The van der Waals surface area contributed by atoms with Crippen molar-refractivity contribution < 1.29 is 22.7 Å². The maximum Gasteiger partial charge on any atom is 0.252 e. The number of amides is 2. The molecule has 1 N–H and O–H groups in total. The van der Waals surface area contributed by atoms with E-state index in [-0.39, 0.29) is 17.7 Å². The van der Waals surface area contributed by atoms with Crippen molar-refractivity contribution in [1.82, 2.24) is 10.2 Å². The number of carbonyl (C=O) groups is 2. The molecule has 0 bridgehead atoms. The van der Waals surface area contributed by atoms with Crippen molar-refractivity contribution in [3.05, 3.63) is 59.7 Å². The minimum absolute atomic E-state index is 0.0106. The second-order valence-electron chi connectivity index (χ2n) is 8.10. The van der Waals surface area contributed by atoms with Crippen molar-refractivity contribution in [2.75, 3.05) is 45.5 Å². The quantitative estimate of drug-likeness (QED) is 0.486. The Bertz CT molecular complexity index is 1140. The van der Waals surface area contributed by atoms with Crippen molar-refractivity contribution >= 4 is 33.4 Å². The van der Waals surface area contributed by atoms with E-state index < -0.39 is 10.0 Å². The lowest BCUT2D eigenvalue weighted by Crippen LogP contribution is -2.31. The normalized spacial score (nSPS) is 16.6. The molecule has 2 amide bonds. The first-order chi connectivity index (χ1) is 15.6. The molecular formula is C23H28N4O5S. The number of nitrogens with zero attached hydrogens (tertiary/aromatic N) is 3. The number of sulfonamides is 1. The molecule has 176 valence electrons. The van der Waals surface area contributed by atoms with Crippen LogP contribution in [-0.4, -0.2) is 71.5 Å². The zero-order valence-electron chi connectivity index (χ0n) is 19.1. The van der Waals surface area contributed by atoms with Crippen molar-refractivity contribution in [2.24, 2.45) is 10.3 Å². The van der Waals surface area contributed by atoms with E-state index in [1.807, 2.05) is 0 Å². The molecule has 2 aromatic rings. The predicted octanol–water partition coefficient (Wildman–Crippen LogP) is 1.75. The van der Waals surface area contributed by atoms with Gasteiger partial charge in [-0.3, -0.25) is 9.59 Å². The highest BCUT2D eigenvalue weighted by Gasteiger charge is 2.31. The molecule has 3 rings (SSSR count). The van der Waals surface area contributed by atoms with Gasteiger partial charge in [-0.1, -0.05) is 0 Å². The van der Waals surface area contributed by atoms with Gasteiger partial charge in [0, 0.05) is 56.3 Å². The number of benzene rings is 2. The van der Waals surface area contributed by atoms with Gasteiger partial charge in [-0.25, -0.2) is 8.42 Å². The molecule has 1 atom stereocenters. The van der Waals surface area contributed by atoms with Crippen LogP contribution in [-0.2, 0) is 14.8 Å². The van der Waals surface area contributed by atoms with E-state index in [2.05, 4.69) is 9.71 Å². The average molecular weight is 473 g/mol. The number of nitrogens with one attached hydrogen (secondary N) is 1. The van der Waals surface area contributed by atoms with Gasteiger partial charge < -0.3 is 19.9 Å². The number of anilines is 1. The van der Waals surface area contributed by atoms with Crippen LogP contribution in [0.4, 0.5) is 5.69 Å². The third-order valence-corrected chi connectivity index (χ3v) is 5.73. The summed E-state index contributed by atoms with van der Waals surface area (Å²) >= 11 is 0. The Morgan fingerprint density at radius 2 is 1.73 bits per heavy atom. The van der Waals surface area contributed by atoms with Gasteiger partial charge in [0.05, 0.1) is 13.4 Å². The van der Waals surface area contributed by atoms with Crippen LogP contribution in [0.25, 0.3) is 0 Å². The maximum absolute atomic E-state index is 12.6. The number of hydrogen-bond acceptors (Lipinski definition) is 5. The van der Waals surface area contributed by atoms with Gasteiger partial charge in [0.2, 0.25) is 5.91 Å². The fourth-order valence-corrected chi connectivity index (χ4v) is 4.17. The average Bonchev–Trinajstić information content (AvgIpc) is 3.15. The van der Waals surface area contributed by atoms with Crippen LogP contribution in [0.2, 0.25) is 0 Å². The molecule has 1 aliphatic rings. The van der Waals surface area contributed by atoms with Gasteiger partial charge in [0.1, 0.15) is 11.6 Å². The summed E-state index contributed by atoms with van der Waals surface area (Å²) in [5.41, 5.74) is 1.87. The third-order valence-electron chi connectivity index (χ3n) is 5.22. The molecule has 1 fully saturated rings. The molecular weight excluding hydrogens is 444 g/mol. The summed E-state index contributed by atoms with van der Waals surface area (Å²) in [5, 5.41) is 2.89. The van der Waals surface area contributed by atoms with Gasteiger partial charge in [-0.05, 0) is 48.5 Å². The second-order valence-corrected chi connectivity index (χ2v) is 9.75. The first kappa shape index (κ1) is 24.2. The first-order valence-electron chi connectivity index (χ1n) is 10.4. The molecule has 1 unspecified atom stereocenters. The fourth-order valence-electron chi connectivity index (χ4n) is 3.59. The summed E-state index contributed by atoms with van der Waals surface area (Å²) in [6.07, 6.45) is 1.38. The molecule has 1 aliphatic heterocycles. The topological polar surface area (TPSA) is 108 Å². The van der Waals surface area contributed by atoms with Crippen LogP contribution in [0.5, 0.6) is 5.75 Å². The smallest absolute Gasteiger partial charge is 0.252 e. The Hall–Kier alpha value is -3.40. The highest BCUT2D eigenvalue weighted by molar-refractivity contribution is 7.89. The van der Waals surface area contributed by atoms with Crippen molar-refractivity contribution in [3.8, 4) is 5.75 Å². The van der Waals surface area contributed by atoms with Gasteiger partial charge in [-0.2, -0.15) is 0 Å². The highest BCUT2D eigenvalue weighted by atomic mass is 32.2. The van der Waals surface area contributed by atoms with E-state index in [1.165, 1.54) is 0 Å². The summed E-state index contributed by atoms with van der Waals surface area (Å²) in [6, 6.07) is 13.9. The molecule has 1 saturated heterocycles. The monoisotopic (exact) mass is 472 g/mol. The summed E-state index contributed by atoms with van der Waals surface area (Å²) < 4.78 is 32.1. The van der Waals surface area contributed by atoms with Crippen molar-refractivity contribution in [3.63, 3.8) is 0 Å². The van der Waals surface area contributed by atoms with Gasteiger partial charge in [-0.15, -0.1) is 4.40 Å². The van der Waals surface area contributed by atoms with E-state index >= 15 is 0 Å². The molecule has 0 radical (unpaired) electrons. The molecule has 0 spiro atoms. The molecule has 33 heavy (non-hydrogen) atoms. The number of carbonyl (C=O) groups excluding carboxylic acids is 2. The summed E-state index contributed by atoms with van der Waals surface area (Å²) in [4.78, 5) is 28.3. The zero-order valence-corrected chi connectivity index (χ0v) is 19.9. The van der Waals surface area contributed by atoms with Crippen LogP contribution < -0.4 is 15.0 Å². The van der Waals surface area contributed by atoms with Crippen LogP contribution in [0.3, 0.4) is 0 Å². The summed E-state index contributed by atoms with van der Waals surface area (Å²) in [6.45, 7) is 0.871. The van der Waals surface area contributed by atoms with E-state index in [9.17, 15) is 18.0 Å². The standard InChI is InChI=1S/C23H28N4O5S/c1-26(2)22(25-33(4,30)31)17-5-9-19(10-6-17)27-15-16(13-21(27)28)14-24-23(29)18-7-11-20(32-3)12-8-18/h5-12,16H,13-15H2,1-4H3,(H,24,29). The van der Waals surface area contributed by atoms with Gasteiger partial charge in [0.15, 0.2) is 0 Å². The Morgan fingerprint density at radius 3 is 2.27 bits per heavy atom. The Labute approximate surface area is 194 Å². The molecule has 0 aromatic heterocycles. The largest absolute Gasteiger partial charge is 0.497 e. The van der Waals surface area contributed by atoms with Crippen molar-refractivity contribution in [2.45, 2.75) is 6.42 Å². The summed E-state index contributed by atoms with van der Waals surface area (Å²) in [5.74, 6) is 0.757. The molecule has 0 aliphatic carbocycles. The Kier molecular flexibility index (Phi) is 7.37. The van der Waals surface area contributed by atoms with Crippen LogP contribution in [0.15, 0.2) is 52.9 Å². The van der Waals surface area contributed by atoms with E-state index in [1.54, 1.807) is 79.5 Å². The van der Waals surface area contributed by atoms with E-state index in [0.717, 1.165) is 6.26 Å². The van der Waals surface area contributed by atoms with Crippen LogP contribution in [0, 0.1) is 5.92 Å². The third kappa shape index (κ3) is 6.32. The number of rotatable bonds is 7. The number of hydrogen-bond donors (Lipinski definition) is 1. The predicted molar refractivity (Wildman–Crippen MR) is 127 cm³/mol. The minimum atomic E-state index is -3.55. The zero-order chi connectivity index (χ0) is 24.2. The van der Waals surface area contributed by atoms with Crippen LogP contribution >= 0.6 is 0 Å². The molecule has 1 heterocycles. The number of ether oxygens (including phenoxy) is 1. The van der Waals surface area contributed by atoms with Gasteiger partial charge >= 0.3 is 0 Å². The van der Waals surface area contributed by atoms with Crippen molar-refractivity contribution in [1.29, 1.82) is 0 Å². The SMILES string of the molecule is COc1ccc(C(=O)NCC2CC(=O)N(c3ccc(C(=NS(C)(=O)=O)N(C)C)cc3)C2)cc1. The molecule has 10 heteroatoms. The first-order valence-corrected chi connectivity index (χ1v) is 12.2.